The molecule has 4 unspecified atom stereocenters. The van der Waals surface area contributed by atoms with Crippen LogP contribution in [0.25, 0.3) is 98.9 Å². The summed E-state index contributed by atoms with van der Waals surface area (Å²) in [6, 6.07) is 31.5. The Balaban J connectivity index is 0.000000160. The van der Waals surface area contributed by atoms with Crippen molar-refractivity contribution in [2.45, 2.75) is 141 Å². The smallest absolute Gasteiger partial charge is 0.259 e. The molecule has 0 spiro atoms. The Kier molecular flexibility index (Phi) is 28.0. The van der Waals surface area contributed by atoms with Crippen LogP contribution in [0, 0.1) is 25.2 Å². The molecule has 0 bridgehead atoms. The summed E-state index contributed by atoms with van der Waals surface area (Å²) in [5.41, 5.74) is 7.64. The number of fused-ring (bicyclic) bond motifs is 3. The maximum absolute atomic E-state index is 10.2. The Hall–Kier alpha value is -3.07. The molecule has 3 saturated heterocycles. The second kappa shape index (κ2) is 35.4. The van der Waals surface area contributed by atoms with E-state index in [1.807, 2.05) is 45.2 Å². The van der Waals surface area contributed by atoms with Crippen LogP contribution in [0.15, 0.2) is 126 Å². The van der Waals surface area contributed by atoms with E-state index in [0.717, 1.165) is 72.0 Å². The summed E-state index contributed by atoms with van der Waals surface area (Å²) in [6.07, 6.45) is 14.6. The summed E-state index contributed by atoms with van der Waals surface area (Å²) in [4.78, 5) is 41.7. The van der Waals surface area contributed by atoms with Crippen molar-refractivity contribution in [2.75, 3.05) is 19.8 Å². The number of thiophene rings is 6. The third-order valence-corrected chi connectivity index (χ3v) is 25.2. The molecule has 3 aliphatic heterocycles. The second-order valence-corrected chi connectivity index (χ2v) is 30.7. The molecule has 0 saturated carbocycles. The van der Waals surface area contributed by atoms with E-state index in [4.69, 9.17) is 34.8 Å². The number of hydrogen-bond donors (Lipinski definition) is 3. The van der Waals surface area contributed by atoms with Crippen LogP contribution >= 0.6 is 76.5 Å². The molecule has 3 aliphatic rings. The minimum Gasteiger partial charge on any atom is -0.394 e. The molecule has 497 valence electrons. The van der Waals surface area contributed by atoms with Gasteiger partial charge >= 0.3 is 0 Å². The van der Waals surface area contributed by atoms with Gasteiger partial charge in [0, 0.05) is 192 Å². The summed E-state index contributed by atoms with van der Waals surface area (Å²) in [7, 11) is -1.35. The van der Waals surface area contributed by atoms with Gasteiger partial charge in [-0.05, 0) is 108 Å². The molecule has 12 aromatic heterocycles. The second-order valence-electron chi connectivity index (χ2n) is 23.2. The summed E-state index contributed by atoms with van der Waals surface area (Å²) in [5.74, 6) is 0. The maximum atomic E-state index is 10.2. The van der Waals surface area contributed by atoms with E-state index in [1.165, 1.54) is 29.3 Å². The van der Waals surface area contributed by atoms with Crippen LogP contribution in [-0.2, 0) is 121 Å². The van der Waals surface area contributed by atoms with Gasteiger partial charge in [-0.3, -0.25) is 15.0 Å². The topological polar surface area (TPSA) is 207 Å². The van der Waals surface area contributed by atoms with Crippen molar-refractivity contribution >= 4 is 110 Å². The van der Waals surface area contributed by atoms with Crippen molar-refractivity contribution in [1.82, 2.24) is 48.3 Å². The Morgan fingerprint density at radius 2 is 0.948 bits per heavy atom. The summed E-state index contributed by atoms with van der Waals surface area (Å²) < 4.78 is 39.2. The van der Waals surface area contributed by atoms with Gasteiger partial charge in [-0.2, -0.15) is 0 Å². The SMILES string of the molecule is CC[C@H]1O[C@@H](n2cnc3c(-c4ccc(-c5cccs5)s4)c[c-]nc32)CC1O.OC[C@H]1O[C@@H](n2cnc3c(-c4ccc(-c5cccs5)s4)c[c-]nc32)CC1O.[C-]#[N+]CCOP(OC1C[C@H](n2cnc3c(-c4ccc(-c5cccs5)s4)c[c-]nc32)O[C@@H]1CC)N(C(C)C)C(C)C.[Y].[Y].[Y]. The van der Waals surface area contributed by atoms with Crippen molar-refractivity contribution in [2.24, 2.45) is 0 Å². The van der Waals surface area contributed by atoms with Crippen LogP contribution in [0.2, 0.25) is 0 Å². The van der Waals surface area contributed by atoms with Gasteiger partial charge in [-0.15, -0.1) is 86.2 Å². The fourth-order valence-electron chi connectivity index (χ4n) is 12.0. The van der Waals surface area contributed by atoms with Crippen LogP contribution in [0.5, 0.6) is 0 Å². The molecule has 0 aliphatic carbocycles. The third kappa shape index (κ3) is 16.9. The van der Waals surface area contributed by atoms with E-state index in [2.05, 4.69) is 177 Å². The van der Waals surface area contributed by atoms with Gasteiger partial charge < -0.3 is 72.1 Å². The molecule has 3 fully saturated rings. The minimum absolute atomic E-state index is 0. The zero-order valence-electron chi connectivity index (χ0n) is 54.1. The molecule has 0 amide bonds. The number of aliphatic hydroxyl groups excluding tert-OH is 3. The standard InChI is InChI=1S/C29H35N5O3PS2.C20H18N3O2S2.C19H16N3O3S2.3Y/c1-7-22-23(37-38(35-15-14-30-6)34(19(2)3)20(4)5)17-27(36-22)33-18-32-28-21(12-13-31-29(28)33)24-10-11-26(40-24)25-9-8-16-39-25;1-2-14-13(24)10-18(25-14)23-11-22-19-12(7-8-21-20(19)23)15-5-6-17(27-15)16-4-3-9-26-16;23-9-13-12(24)8-17(25-13)22-10-21-18-11(5-6-20-19(18)22)14-3-4-16(27-14)15-2-1-7-26-15;;;/h8-12,16,18-20,22-23,27H,7,14-15,17H2,1-5H3;3-7,9,11,13-14,18,24H,2,10H2,1H3;1-5,7,10,12-13,17,23-24H,8-9H2;;;/q3*-1;;;/t22-,23?,27-,38?;13?,14-,18-;12?,13-,17-;;;/m111.../s1. The predicted molar refractivity (Wildman–Crippen MR) is 376 cm³/mol. The minimum atomic E-state index is -1.35. The van der Waals surface area contributed by atoms with Crippen molar-refractivity contribution in [1.29, 1.82) is 0 Å². The number of hydrogen-bond acceptors (Lipinski definition) is 21. The van der Waals surface area contributed by atoms with Crippen LogP contribution < -0.4 is 0 Å². The Morgan fingerprint density at radius 3 is 1.30 bits per heavy atom. The molecule has 15 rings (SSSR count). The molecule has 97 heavy (non-hydrogen) atoms. The average molecular weight is 1660 g/mol. The largest absolute Gasteiger partial charge is 0.394 e. The Morgan fingerprint density at radius 1 is 0.567 bits per heavy atom. The van der Waals surface area contributed by atoms with Gasteiger partial charge in [0.15, 0.2) is 0 Å². The van der Waals surface area contributed by atoms with Crippen molar-refractivity contribution < 1.29 is 137 Å². The number of rotatable bonds is 20. The molecule has 10 atom stereocenters. The summed E-state index contributed by atoms with van der Waals surface area (Å²) >= 11 is 10.4. The first-order valence-electron chi connectivity index (χ1n) is 31.2. The molecular weight excluding hydrogens is 1590 g/mol. The van der Waals surface area contributed by atoms with Gasteiger partial charge in [0.2, 0.25) is 6.54 Å². The molecule has 3 radical (unpaired) electrons. The van der Waals surface area contributed by atoms with E-state index in [1.54, 1.807) is 80.7 Å². The van der Waals surface area contributed by atoms with Crippen molar-refractivity contribution in [3.8, 4) is 60.6 Å². The van der Waals surface area contributed by atoms with Gasteiger partial charge in [0.05, 0.1) is 56.1 Å². The molecule has 15 heterocycles. The third-order valence-electron chi connectivity index (χ3n) is 16.5. The summed E-state index contributed by atoms with van der Waals surface area (Å²) in [5, 5.41) is 35.8. The van der Waals surface area contributed by atoms with Crippen LogP contribution in [0.3, 0.4) is 0 Å². The number of nitrogens with zero attached hydrogens (tertiary/aromatic N) is 11. The number of pyridine rings is 3. The quantitative estimate of drug-likeness (QED) is 0.0369. The molecular formula is C68H69N11O8PS6Y3-3. The van der Waals surface area contributed by atoms with Crippen LogP contribution in [-0.4, -0.2) is 132 Å². The fraction of sp³-hybridized carbons (Fsp3) is 0.368. The average Bonchev–Trinajstić information content (AvgIpc) is 1.64. The number of aliphatic hydroxyl groups is 3. The fourth-order valence-corrected chi connectivity index (χ4v) is 19.3. The van der Waals surface area contributed by atoms with E-state index < -0.39 is 33.1 Å². The van der Waals surface area contributed by atoms with E-state index in [-0.39, 0.29) is 148 Å². The van der Waals surface area contributed by atoms with Gasteiger partial charge in [0.25, 0.3) is 8.53 Å². The number of aromatic nitrogens is 9. The van der Waals surface area contributed by atoms with E-state index >= 15 is 0 Å². The first kappa shape index (κ1) is 76.6. The first-order chi connectivity index (χ1) is 45.9. The van der Waals surface area contributed by atoms with E-state index in [9.17, 15) is 15.3 Å². The van der Waals surface area contributed by atoms with Gasteiger partial charge in [-0.1, -0.05) is 85.5 Å². The monoisotopic (exact) mass is 1660 g/mol. The Bertz CT molecular complexity index is 4300. The zero-order valence-corrected chi connectivity index (χ0v) is 68.4. The van der Waals surface area contributed by atoms with Crippen LogP contribution in [0.4, 0.5) is 0 Å². The van der Waals surface area contributed by atoms with Crippen molar-refractivity contribution in [3.05, 3.63) is 156 Å². The first-order valence-corrected chi connectivity index (χ1v) is 37.4. The van der Waals surface area contributed by atoms with E-state index in [0.29, 0.717) is 38.1 Å². The number of ether oxygens (including phenoxy) is 3. The molecule has 0 aromatic carbocycles. The number of imidazole rings is 3. The molecule has 19 nitrogen and oxygen atoms in total. The Labute approximate surface area is 664 Å². The van der Waals surface area contributed by atoms with Gasteiger partial charge in [-0.25, -0.2) is 11.2 Å². The van der Waals surface area contributed by atoms with Gasteiger partial charge in [0.1, 0.15) is 31.4 Å². The normalized spacial score (nSPS) is 21.0. The summed E-state index contributed by atoms with van der Waals surface area (Å²) in [6.45, 7) is 20.3. The molecule has 29 heteroatoms. The molecule has 12 aromatic rings. The molecule has 3 N–H and O–H groups in total. The predicted octanol–water partition coefficient (Wildman–Crippen LogP) is 16.1. The van der Waals surface area contributed by atoms with Crippen LogP contribution in [0.1, 0.15) is 92.3 Å². The maximum Gasteiger partial charge on any atom is 0.259 e. The van der Waals surface area contributed by atoms with Crippen molar-refractivity contribution in [3.63, 3.8) is 0 Å². The zero-order chi connectivity index (χ0) is 65.0.